The van der Waals surface area contributed by atoms with Gasteiger partial charge in [-0.1, -0.05) is 17.7 Å². The normalized spacial score (nSPS) is 10.0. The molecule has 0 spiro atoms. The van der Waals surface area contributed by atoms with Crippen LogP contribution >= 0.6 is 23.4 Å². The number of rotatable bonds is 6. The predicted octanol–water partition coefficient (Wildman–Crippen LogP) is 2.77. The summed E-state index contributed by atoms with van der Waals surface area (Å²) < 4.78 is 0. The maximum atomic E-state index is 5.87. The van der Waals surface area contributed by atoms with Crippen molar-refractivity contribution in [2.75, 3.05) is 23.4 Å². The van der Waals surface area contributed by atoms with E-state index in [4.69, 9.17) is 11.6 Å². The molecule has 0 aliphatic carbocycles. The summed E-state index contributed by atoms with van der Waals surface area (Å²) in [6.45, 7) is 6.43. The molecule has 1 aromatic rings. The minimum Gasteiger partial charge on any atom is -0.369 e. The van der Waals surface area contributed by atoms with E-state index in [1.54, 1.807) is 0 Å². The summed E-state index contributed by atoms with van der Waals surface area (Å²) in [6.07, 6.45) is 3.37. The Labute approximate surface area is 99.3 Å². The van der Waals surface area contributed by atoms with Crippen molar-refractivity contribution in [3.05, 3.63) is 29.7 Å². The molecule has 1 N–H and O–H groups in total. The van der Waals surface area contributed by atoms with E-state index < -0.39 is 0 Å². The molecule has 1 rings (SSSR count). The van der Waals surface area contributed by atoms with Gasteiger partial charge in [0.05, 0.1) is 0 Å². The third-order valence-electron chi connectivity index (χ3n) is 1.80. The molecule has 0 saturated heterocycles. The number of hydrogen-bond donors (Lipinski definition) is 1. The Kier molecular flexibility index (Phi) is 5.50. The standard InChI is InChI=1S/C10H14ClN3S/c1-3-5-15-6-4-12-10-8(2)9(11)13-7-14-10/h3,7H,1,4-6H2,2H3,(H,12,13,14). The van der Waals surface area contributed by atoms with Crippen molar-refractivity contribution >= 4 is 29.2 Å². The van der Waals surface area contributed by atoms with Crippen LogP contribution in [0.2, 0.25) is 5.15 Å². The fourth-order valence-electron chi connectivity index (χ4n) is 1.02. The largest absolute Gasteiger partial charge is 0.369 e. The lowest BCUT2D eigenvalue weighted by Crippen LogP contribution is -2.07. The van der Waals surface area contributed by atoms with Gasteiger partial charge in [0.1, 0.15) is 17.3 Å². The molecule has 1 aromatic heterocycles. The minimum absolute atomic E-state index is 0.506. The van der Waals surface area contributed by atoms with Crippen LogP contribution in [0.4, 0.5) is 5.82 Å². The van der Waals surface area contributed by atoms with Gasteiger partial charge >= 0.3 is 0 Å². The first-order valence-electron chi connectivity index (χ1n) is 4.65. The molecule has 0 aliphatic rings. The predicted molar refractivity (Wildman–Crippen MR) is 67.8 cm³/mol. The molecule has 0 fully saturated rings. The molecule has 3 nitrogen and oxygen atoms in total. The lowest BCUT2D eigenvalue weighted by atomic mass is 10.3. The number of halogens is 1. The second-order valence-corrected chi connectivity index (χ2v) is 4.44. The number of nitrogens with one attached hydrogen (secondary N) is 1. The first kappa shape index (κ1) is 12.3. The summed E-state index contributed by atoms with van der Waals surface area (Å²) in [6, 6.07) is 0. The molecule has 0 aromatic carbocycles. The molecular formula is C10H14ClN3S. The van der Waals surface area contributed by atoms with Crippen LogP contribution < -0.4 is 5.32 Å². The zero-order valence-corrected chi connectivity index (χ0v) is 10.2. The van der Waals surface area contributed by atoms with Gasteiger partial charge in [0.25, 0.3) is 0 Å². The van der Waals surface area contributed by atoms with Crippen molar-refractivity contribution in [3.63, 3.8) is 0 Å². The van der Waals surface area contributed by atoms with Gasteiger partial charge in [-0.3, -0.25) is 0 Å². The molecule has 0 bridgehead atoms. The Balaban J connectivity index is 2.37. The van der Waals surface area contributed by atoms with Gasteiger partial charge in [0, 0.05) is 23.6 Å². The number of anilines is 1. The first-order valence-corrected chi connectivity index (χ1v) is 6.18. The summed E-state index contributed by atoms with van der Waals surface area (Å²) >= 11 is 7.69. The van der Waals surface area contributed by atoms with Crippen LogP contribution in [0.1, 0.15) is 5.56 Å². The molecule has 5 heteroatoms. The highest BCUT2D eigenvalue weighted by Crippen LogP contribution is 2.17. The smallest absolute Gasteiger partial charge is 0.137 e. The van der Waals surface area contributed by atoms with Gasteiger partial charge < -0.3 is 5.32 Å². The van der Waals surface area contributed by atoms with Crippen LogP contribution in [0.5, 0.6) is 0 Å². The first-order chi connectivity index (χ1) is 7.25. The third kappa shape index (κ3) is 4.10. The topological polar surface area (TPSA) is 37.8 Å². The monoisotopic (exact) mass is 243 g/mol. The highest BCUT2D eigenvalue weighted by Gasteiger charge is 2.03. The summed E-state index contributed by atoms with van der Waals surface area (Å²) in [7, 11) is 0. The zero-order chi connectivity index (χ0) is 11.1. The highest BCUT2D eigenvalue weighted by molar-refractivity contribution is 7.99. The molecule has 0 atom stereocenters. The number of thioether (sulfide) groups is 1. The molecule has 0 radical (unpaired) electrons. The van der Waals surface area contributed by atoms with Crippen LogP contribution in [0, 0.1) is 6.92 Å². The van der Waals surface area contributed by atoms with E-state index in [1.807, 2.05) is 24.8 Å². The summed E-state index contributed by atoms with van der Waals surface area (Å²) in [4.78, 5) is 8.01. The van der Waals surface area contributed by atoms with E-state index >= 15 is 0 Å². The second-order valence-electron chi connectivity index (χ2n) is 2.93. The van der Waals surface area contributed by atoms with E-state index in [2.05, 4.69) is 21.9 Å². The van der Waals surface area contributed by atoms with Crippen molar-refractivity contribution in [2.24, 2.45) is 0 Å². The molecule has 0 aliphatic heterocycles. The third-order valence-corrected chi connectivity index (χ3v) is 3.14. The number of aromatic nitrogens is 2. The maximum Gasteiger partial charge on any atom is 0.137 e. The Morgan fingerprint density at radius 3 is 3.13 bits per heavy atom. The van der Waals surface area contributed by atoms with E-state index in [0.717, 1.165) is 29.4 Å². The average Bonchev–Trinajstić information content (AvgIpc) is 2.24. The fourth-order valence-corrected chi connectivity index (χ4v) is 1.73. The van der Waals surface area contributed by atoms with E-state index in [9.17, 15) is 0 Å². The van der Waals surface area contributed by atoms with E-state index in [0.29, 0.717) is 5.15 Å². The summed E-state index contributed by atoms with van der Waals surface area (Å²) in [5.74, 6) is 2.81. The Morgan fingerprint density at radius 2 is 2.40 bits per heavy atom. The Bertz CT molecular complexity index is 330. The van der Waals surface area contributed by atoms with Crippen molar-refractivity contribution in [1.29, 1.82) is 0 Å². The van der Waals surface area contributed by atoms with Gasteiger partial charge in [0.15, 0.2) is 0 Å². The van der Waals surface area contributed by atoms with Gasteiger partial charge in [-0.05, 0) is 6.92 Å². The summed E-state index contributed by atoms with van der Waals surface area (Å²) in [5, 5.41) is 3.73. The Morgan fingerprint density at radius 1 is 1.60 bits per heavy atom. The average molecular weight is 244 g/mol. The fraction of sp³-hybridized carbons (Fsp3) is 0.400. The van der Waals surface area contributed by atoms with Gasteiger partial charge in [-0.25, -0.2) is 9.97 Å². The Hall–Kier alpha value is -0.740. The molecule has 15 heavy (non-hydrogen) atoms. The van der Waals surface area contributed by atoms with Crippen molar-refractivity contribution in [2.45, 2.75) is 6.92 Å². The molecule has 82 valence electrons. The van der Waals surface area contributed by atoms with Crippen LogP contribution in [0.25, 0.3) is 0 Å². The van der Waals surface area contributed by atoms with Gasteiger partial charge in [-0.2, -0.15) is 11.8 Å². The SMILES string of the molecule is C=CCSCCNc1ncnc(Cl)c1C. The highest BCUT2D eigenvalue weighted by atomic mass is 35.5. The van der Waals surface area contributed by atoms with Crippen LogP contribution in [-0.2, 0) is 0 Å². The summed E-state index contributed by atoms with van der Waals surface area (Å²) in [5.41, 5.74) is 0.896. The zero-order valence-electron chi connectivity index (χ0n) is 8.66. The second kappa shape index (κ2) is 6.69. The maximum absolute atomic E-state index is 5.87. The lowest BCUT2D eigenvalue weighted by Gasteiger charge is -2.07. The van der Waals surface area contributed by atoms with Crippen LogP contribution in [0.3, 0.4) is 0 Å². The van der Waals surface area contributed by atoms with Crippen molar-refractivity contribution < 1.29 is 0 Å². The van der Waals surface area contributed by atoms with Crippen LogP contribution in [-0.4, -0.2) is 28.0 Å². The van der Waals surface area contributed by atoms with Gasteiger partial charge in [0.2, 0.25) is 0 Å². The molecule has 0 amide bonds. The quantitative estimate of drug-likeness (QED) is 0.474. The van der Waals surface area contributed by atoms with Gasteiger partial charge in [-0.15, -0.1) is 6.58 Å². The number of nitrogens with zero attached hydrogens (tertiary/aromatic N) is 2. The van der Waals surface area contributed by atoms with E-state index in [1.165, 1.54) is 6.33 Å². The van der Waals surface area contributed by atoms with Crippen molar-refractivity contribution in [3.8, 4) is 0 Å². The number of hydrogen-bond acceptors (Lipinski definition) is 4. The molecule has 1 heterocycles. The van der Waals surface area contributed by atoms with Crippen molar-refractivity contribution in [1.82, 2.24) is 9.97 Å². The molecule has 0 saturated carbocycles. The molecule has 0 unspecified atom stereocenters. The lowest BCUT2D eigenvalue weighted by molar-refractivity contribution is 1.09. The van der Waals surface area contributed by atoms with Crippen LogP contribution in [0.15, 0.2) is 19.0 Å². The molecular weight excluding hydrogens is 230 g/mol. The van der Waals surface area contributed by atoms with E-state index in [-0.39, 0.29) is 0 Å². The minimum atomic E-state index is 0.506.